The normalized spacial score (nSPS) is 15.8. The first-order chi connectivity index (χ1) is 10.3. The van der Waals surface area contributed by atoms with Crippen LogP contribution in [0.2, 0.25) is 0 Å². The van der Waals surface area contributed by atoms with Crippen LogP contribution in [0.5, 0.6) is 0 Å². The molecule has 3 rings (SSSR count). The molecule has 1 aliphatic rings. The largest absolute Gasteiger partial charge is 0.319 e. The van der Waals surface area contributed by atoms with Crippen LogP contribution in [-0.4, -0.2) is 45.6 Å². The Morgan fingerprint density at radius 1 is 1.29 bits per heavy atom. The van der Waals surface area contributed by atoms with E-state index >= 15 is 0 Å². The maximum absolute atomic E-state index is 12.0. The second-order valence-electron chi connectivity index (χ2n) is 5.03. The van der Waals surface area contributed by atoms with Crippen LogP contribution in [0.1, 0.15) is 15.9 Å². The van der Waals surface area contributed by atoms with Crippen molar-refractivity contribution in [3.05, 3.63) is 47.8 Å². The van der Waals surface area contributed by atoms with Crippen molar-refractivity contribution in [2.45, 2.75) is 6.54 Å². The fourth-order valence-electron chi connectivity index (χ4n) is 2.30. The molecule has 2 heterocycles. The Morgan fingerprint density at radius 3 is 2.71 bits per heavy atom. The van der Waals surface area contributed by atoms with Gasteiger partial charge in [-0.25, -0.2) is 0 Å². The number of aromatic nitrogens is 2. The van der Waals surface area contributed by atoms with E-state index in [1.165, 1.54) is 17.1 Å². The van der Waals surface area contributed by atoms with Gasteiger partial charge in [-0.3, -0.25) is 14.8 Å². The Kier molecular flexibility index (Phi) is 4.57. The molecule has 0 bridgehead atoms. The molecule has 1 amide bonds. The van der Waals surface area contributed by atoms with Crippen molar-refractivity contribution in [2.75, 3.05) is 29.9 Å². The number of rotatable bonds is 4. The first-order valence-electron chi connectivity index (χ1n) is 7.00. The third-order valence-corrected chi connectivity index (χ3v) is 4.42. The average Bonchev–Trinajstić information content (AvgIpc) is 3.02. The van der Waals surface area contributed by atoms with Crippen LogP contribution >= 0.6 is 11.8 Å². The molecule has 0 saturated carbocycles. The number of carbonyl (C=O) groups excluding carboxylic acids is 1. The summed E-state index contributed by atoms with van der Waals surface area (Å²) >= 11 is 2.01. The fourth-order valence-corrected chi connectivity index (χ4v) is 3.28. The molecule has 1 aromatic heterocycles. The van der Waals surface area contributed by atoms with E-state index in [1.54, 1.807) is 12.4 Å². The van der Waals surface area contributed by atoms with Crippen LogP contribution in [0.4, 0.5) is 5.69 Å². The maximum Gasteiger partial charge on any atom is 0.255 e. The van der Waals surface area contributed by atoms with Gasteiger partial charge in [0.05, 0.1) is 11.9 Å². The lowest BCUT2D eigenvalue weighted by molar-refractivity contribution is 0.102. The molecule has 1 aromatic carbocycles. The number of hydrogen-bond donors (Lipinski definition) is 2. The van der Waals surface area contributed by atoms with Gasteiger partial charge < -0.3 is 5.32 Å². The summed E-state index contributed by atoms with van der Waals surface area (Å²) in [7, 11) is 0. The van der Waals surface area contributed by atoms with Crippen molar-refractivity contribution in [1.29, 1.82) is 0 Å². The number of H-pyrrole nitrogens is 1. The lowest BCUT2D eigenvalue weighted by Crippen LogP contribution is -2.31. The summed E-state index contributed by atoms with van der Waals surface area (Å²) < 4.78 is 0. The average molecular weight is 302 g/mol. The van der Waals surface area contributed by atoms with E-state index in [2.05, 4.69) is 20.4 Å². The smallest absolute Gasteiger partial charge is 0.255 e. The lowest BCUT2D eigenvalue weighted by Gasteiger charge is -2.26. The number of nitrogens with one attached hydrogen (secondary N) is 2. The molecule has 0 spiro atoms. The van der Waals surface area contributed by atoms with Gasteiger partial charge in [-0.2, -0.15) is 16.9 Å². The molecule has 1 saturated heterocycles. The molecule has 0 unspecified atom stereocenters. The highest BCUT2D eigenvalue weighted by Crippen LogP contribution is 2.14. The SMILES string of the molecule is O=C(Nc1cn[nH]c1)c1ccc(CN2CCSCC2)cc1. The van der Waals surface area contributed by atoms with Crippen LogP contribution in [-0.2, 0) is 6.54 Å². The van der Waals surface area contributed by atoms with Gasteiger partial charge in [-0.15, -0.1) is 0 Å². The van der Waals surface area contributed by atoms with Crippen LogP contribution < -0.4 is 5.32 Å². The number of nitrogens with zero attached hydrogens (tertiary/aromatic N) is 2. The highest BCUT2D eigenvalue weighted by atomic mass is 32.2. The van der Waals surface area contributed by atoms with E-state index in [0.717, 1.165) is 19.6 Å². The molecular formula is C15H18N4OS. The fraction of sp³-hybridized carbons (Fsp3) is 0.333. The lowest BCUT2D eigenvalue weighted by atomic mass is 10.1. The van der Waals surface area contributed by atoms with Crippen molar-refractivity contribution in [3.63, 3.8) is 0 Å². The maximum atomic E-state index is 12.0. The van der Waals surface area contributed by atoms with Crippen LogP contribution in [0.15, 0.2) is 36.7 Å². The Balaban J connectivity index is 1.59. The summed E-state index contributed by atoms with van der Waals surface area (Å²) in [6.45, 7) is 3.25. The second-order valence-corrected chi connectivity index (χ2v) is 6.25. The van der Waals surface area contributed by atoms with Gasteiger partial charge >= 0.3 is 0 Å². The number of amides is 1. The van der Waals surface area contributed by atoms with Gasteiger partial charge in [0.2, 0.25) is 0 Å². The predicted molar refractivity (Wildman–Crippen MR) is 85.6 cm³/mol. The number of thioether (sulfide) groups is 1. The summed E-state index contributed by atoms with van der Waals surface area (Å²) in [4.78, 5) is 14.5. The van der Waals surface area contributed by atoms with Crippen LogP contribution in [0, 0.1) is 0 Å². The van der Waals surface area contributed by atoms with Gasteiger partial charge in [0.25, 0.3) is 5.91 Å². The third kappa shape index (κ3) is 3.86. The van der Waals surface area contributed by atoms with Gasteiger partial charge in [0.15, 0.2) is 0 Å². The van der Waals surface area contributed by atoms with Gasteiger partial charge in [-0.05, 0) is 17.7 Å². The molecule has 1 fully saturated rings. The Morgan fingerprint density at radius 2 is 2.05 bits per heavy atom. The number of aromatic amines is 1. The van der Waals surface area contributed by atoms with E-state index in [1.807, 2.05) is 36.0 Å². The molecule has 1 aliphatic heterocycles. The molecular weight excluding hydrogens is 284 g/mol. The van der Waals surface area contributed by atoms with Crippen molar-refractivity contribution in [3.8, 4) is 0 Å². The van der Waals surface area contributed by atoms with E-state index in [4.69, 9.17) is 0 Å². The Hall–Kier alpha value is -1.79. The summed E-state index contributed by atoms with van der Waals surface area (Å²) in [6.07, 6.45) is 3.24. The van der Waals surface area contributed by atoms with Crippen molar-refractivity contribution >= 4 is 23.4 Å². The van der Waals surface area contributed by atoms with Crippen molar-refractivity contribution in [1.82, 2.24) is 15.1 Å². The van der Waals surface area contributed by atoms with Gasteiger partial charge in [0.1, 0.15) is 0 Å². The molecule has 6 heteroatoms. The summed E-state index contributed by atoms with van der Waals surface area (Å²) in [5, 5.41) is 9.26. The highest BCUT2D eigenvalue weighted by Gasteiger charge is 2.11. The first-order valence-corrected chi connectivity index (χ1v) is 8.16. The van der Waals surface area contributed by atoms with Gasteiger partial charge in [-0.1, -0.05) is 12.1 Å². The van der Waals surface area contributed by atoms with Crippen molar-refractivity contribution in [2.24, 2.45) is 0 Å². The summed E-state index contributed by atoms with van der Waals surface area (Å²) in [5.74, 6) is 2.31. The van der Waals surface area contributed by atoms with E-state index in [0.29, 0.717) is 11.3 Å². The zero-order valence-electron chi connectivity index (χ0n) is 11.7. The Labute approximate surface area is 128 Å². The minimum absolute atomic E-state index is 0.114. The molecule has 5 nitrogen and oxygen atoms in total. The number of anilines is 1. The van der Waals surface area contributed by atoms with Crippen LogP contribution in [0.25, 0.3) is 0 Å². The number of benzene rings is 1. The standard InChI is InChI=1S/C15H18N4OS/c20-15(18-14-9-16-17-10-14)13-3-1-12(2-4-13)11-19-5-7-21-8-6-19/h1-4,9-10H,5-8,11H2,(H,16,17)(H,18,20). The minimum atomic E-state index is -0.114. The Bertz CT molecular complexity index is 576. The first kappa shape index (κ1) is 14.2. The van der Waals surface area contributed by atoms with E-state index in [9.17, 15) is 4.79 Å². The second kappa shape index (κ2) is 6.78. The van der Waals surface area contributed by atoms with E-state index in [-0.39, 0.29) is 5.91 Å². The minimum Gasteiger partial charge on any atom is -0.319 e. The zero-order valence-corrected chi connectivity index (χ0v) is 12.5. The third-order valence-electron chi connectivity index (χ3n) is 3.48. The molecule has 2 N–H and O–H groups in total. The van der Waals surface area contributed by atoms with Crippen LogP contribution in [0.3, 0.4) is 0 Å². The molecule has 2 aromatic rings. The topological polar surface area (TPSA) is 61.0 Å². The summed E-state index contributed by atoms with van der Waals surface area (Å²) in [6, 6.07) is 7.82. The van der Waals surface area contributed by atoms with E-state index < -0.39 is 0 Å². The van der Waals surface area contributed by atoms with Gasteiger partial charge in [0, 0.05) is 42.9 Å². The number of hydrogen-bond acceptors (Lipinski definition) is 4. The monoisotopic (exact) mass is 302 g/mol. The summed E-state index contributed by atoms with van der Waals surface area (Å²) in [5.41, 5.74) is 2.59. The molecule has 110 valence electrons. The predicted octanol–water partition coefficient (Wildman–Crippen LogP) is 2.21. The zero-order chi connectivity index (χ0) is 14.5. The molecule has 21 heavy (non-hydrogen) atoms. The molecule has 0 atom stereocenters. The quantitative estimate of drug-likeness (QED) is 0.909. The molecule has 0 radical (unpaired) electrons. The number of carbonyl (C=O) groups is 1. The molecule has 0 aliphatic carbocycles. The highest BCUT2D eigenvalue weighted by molar-refractivity contribution is 7.99. The van der Waals surface area contributed by atoms with Crippen molar-refractivity contribution < 1.29 is 4.79 Å².